The minimum absolute atomic E-state index is 0.0705. The van der Waals surface area contributed by atoms with E-state index in [-0.39, 0.29) is 18.0 Å². The molecule has 0 bridgehead atoms. The molecule has 0 aromatic heterocycles. The lowest BCUT2D eigenvalue weighted by Crippen LogP contribution is -2.41. The zero-order valence-corrected chi connectivity index (χ0v) is 17.8. The minimum Gasteiger partial charge on any atom is -0.385 e. The Balaban J connectivity index is 1.43. The molecule has 6 nitrogen and oxygen atoms in total. The number of hydrogen-bond acceptors (Lipinski definition) is 6. The molecule has 1 aromatic rings. The van der Waals surface area contributed by atoms with Crippen LogP contribution in [0.25, 0.3) is 0 Å². The summed E-state index contributed by atoms with van der Waals surface area (Å²) in [4.78, 5) is 2.29. The Bertz CT molecular complexity index is 733. The topological polar surface area (TPSA) is 74.2 Å². The van der Waals surface area contributed by atoms with Crippen LogP contribution in [0.2, 0.25) is 0 Å². The van der Waals surface area contributed by atoms with Gasteiger partial charge in [0.15, 0.2) is 6.29 Å². The molecule has 3 rings (SSSR count). The lowest BCUT2D eigenvalue weighted by molar-refractivity contribution is -0.157. The van der Waals surface area contributed by atoms with Crippen LogP contribution in [0.5, 0.6) is 0 Å². The van der Waals surface area contributed by atoms with E-state index in [0.717, 1.165) is 43.0 Å². The standard InChI is InChI=1S/C23H33FN2O4/c1-16(2)30-22(23(27)28)14-17-4-7-19(8-5-17)25-10-3-11-26-12-13-29-21-15-18(24)6-9-20(21)26/h4-9,16,21-23,25,27-28H,3,10-15H2,1-2H3. The molecule has 2 atom stereocenters. The summed E-state index contributed by atoms with van der Waals surface area (Å²) in [6.07, 6.45) is 2.76. The third kappa shape index (κ3) is 6.54. The first-order valence-electron chi connectivity index (χ1n) is 10.7. The molecular weight excluding hydrogens is 387 g/mol. The predicted molar refractivity (Wildman–Crippen MR) is 115 cm³/mol. The maximum atomic E-state index is 13.4. The molecular formula is C23H33FN2O4. The summed E-state index contributed by atoms with van der Waals surface area (Å²) in [5.74, 6) is -0.119. The molecule has 1 fully saturated rings. The number of nitrogens with one attached hydrogen (secondary N) is 1. The van der Waals surface area contributed by atoms with Gasteiger partial charge >= 0.3 is 0 Å². The van der Waals surface area contributed by atoms with Crippen LogP contribution in [-0.4, -0.2) is 66.0 Å². The van der Waals surface area contributed by atoms with Crippen molar-refractivity contribution in [3.05, 3.63) is 53.5 Å². The fourth-order valence-corrected chi connectivity index (χ4v) is 3.83. The van der Waals surface area contributed by atoms with E-state index in [2.05, 4.69) is 10.2 Å². The fourth-order valence-electron chi connectivity index (χ4n) is 3.83. The van der Waals surface area contributed by atoms with Crippen molar-refractivity contribution in [1.29, 1.82) is 0 Å². The molecule has 2 aliphatic rings. The average Bonchev–Trinajstić information content (AvgIpc) is 2.71. The van der Waals surface area contributed by atoms with Crippen molar-refractivity contribution in [2.45, 2.75) is 57.7 Å². The van der Waals surface area contributed by atoms with Crippen LogP contribution in [0.4, 0.5) is 10.1 Å². The smallest absolute Gasteiger partial charge is 0.178 e. The number of hydrogen-bond donors (Lipinski definition) is 3. The number of nitrogens with zero attached hydrogens (tertiary/aromatic N) is 1. The van der Waals surface area contributed by atoms with E-state index in [1.165, 1.54) is 0 Å². The Labute approximate surface area is 178 Å². The number of ether oxygens (including phenoxy) is 2. The van der Waals surface area contributed by atoms with E-state index in [9.17, 15) is 14.6 Å². The van der Waals surface area contributed by atoms with Crippen LogP contribution in [0, 0.1) is 0 Å². The van der Waals surface area contributed by atoms with Crippen molar-refractivity contribution in [3.63, 3.8) is 0 Å². The van der Waals surface area contributed by atoms with Gasteiger partial charge in [-0.2, -0.15) is 0 Å². The number of rotatable bonds is 10. The quantitative estimate of drug-likeness (QED) is 0.399. The molecule has 0 saturated carbocycles. The van der Waals surface area contributed by atoms with Crippen LogP contribution < -0.4 is 5.32 Å². The van der Waals surface area contributed by atoms with Gasteiger partial charge in [-0.25, -0.2) is 4.39 Å². The second-order valence-corrected chi connectivity index (χ2v) is 8.07. The maximum Gasteiger partial charge on any atom is 0.178 e. The van der Waals surface area contributed by atoms with E-state index in [1.807, 2.05) is 44.2 Å². The normalized spacial score (nSPS) is 20.1. The number of benzene rings is 1. The Hall–Kier alpha value is -1.93. The fraction of sp³-hybridized carbons (Fsp3) is 0.565. The second kappa shape index (κ2) is 10.9. The number of halogens is 1. The Morgan fingerprint density at radius 3 is 2.70 bits per heavy atom. The number of allylic oxidation sites excluding steroid dienone is 2. The van der Waals surface area contributed by atoms with Gasteiger partial charge in [0.25, 0.3) is 0 Å². The summed E-state index contributed by atoms with van der Waals surface area (Å²) in [6, 6.07) is 7.93. The molecule has 1 aromatic carbocycles. The number of morpholine rings is 1. The Morgan fingerprint density at radius 1 is 1.23 bits per heavy atom. The van der Waals surface area contributed by atoms with Crippen molar-refractivity contribution < 1.29 is 24.1 Å². The molecule has 1 aliphatic heterocycles. The van der Waals surface area contributed by atoms with Crippen LogP contribution >= 0.6 is 0 Å². The van der Waals surface area contributed by atoms with E-state index in [0.29, 0.717) is 19.4 Å². The third-order valence-electron chi connectivity index (χ3n) is 5.29. The van der Waals surface area contributed by atoms with Gasteiger partial charge in [0.05, 0.1) is 12.7 Å². The van der Waals surface area contributed by atoms with Gasteiger partial charge in [0, 0.05) is 43.9 Å². The molecule has 0 spiro atoms. The molecule has 1 saturated heterocycles. The number of aliphatic hydroxyl groups is 2. The van der Waals surface area contributed by atoms with Crippen molar-refractivity contribution in [2.75, 3.05) is 31.6 Å². The Kier molecular flexibility index (Phi) is 8.27. The largest absolute Gasteiger partial charge is 0.385 e. The van der Waals surface area contributed by atoms with Crippen molar-refractivity contribution >= 4 is 5.69 Å². The predicted octanol–water partition coefficient (Wildman–Crippen LogP) is 2.98. The van der Waals surface area contributed by atoms with Gasteiger partial charge in [0.2, 0.25) is 0 Å². The zero-order valence-electron chi connectivity index (χ0n) is 17.8. The summed E-state index contributed by atoms with van der Waals surface area (Å²) >= 11 is 0. The molecule has 1 heterocycles. The van der Waals surface area contributed by atoms with Crippen LogP contribution in [-0.2, 0) is 15.9 Å². The second-order valence-electron chi connectivity index (χ2n) is 8.07. The van der Waals surface area contributed by atoms with Crippen molar-refractivity contribution in [1.82, 2.24) is 4.90 Å². The third-order valence-corrected chi connectivity index (χ3v) is 5.29. The van der Waals surface area contributed by atoms with E-state index >= 15 is 0 Å². The van der Waals surface area contributed by atoms with E-state index in [4.69, 9.17) is 9.47 Å². The number of fused-ring (bicyclic) bond motifs is 1. The molecule has 3 N–H and O–H groups in total. The van der Waals surface area contributed by atoms with E-state index < -0.39 is 12.4 Å². The summed E-state index contributed by atoms with van der Waals surface area (Å²) in [6.45, 7) is 6.94. The molecule has 166 valence electrons. The molecule has 2 unspecified atom stereocenters. The highest BCUT2D eigenvalue weighted by atomic mass is 19.1. The van der Waals surface area contributed by atoms with Gasteiger partial charge in [-0.3, -0.25) is 0 Å². The first-order valence-corrected chi connectivity index (χ1v) is 10.7. The van der Waals surface area contributed by atoms with Crippen LogP contribution in [0.1, 0.15) is 32.3 Å². The number of aliphatic hydroxyl groups excluding tert-OH is 1. The lowest BCUT2D eigenvalue weighted by Gasteiger charge is -2.38. The van der Waals surface area contributed by atoms with Crippen molar-refractivity contribution in [2.24, 2.45) is 0 Å². The van der Waals surface area contributed by atoms with E-state index in [1.54, 1.807) is 6.08 Å². The average molecular weight is 421 g/mol. The minimum atomic E-state index is -1.50. The summed E-state index contributed by atoms with van der Waals surface area (Å²) < 4.78 is 24.7. The van der Waals surface area contributed by atoms with Crippen LogP contribution in [0.3, 0.4) is 0 Å². The first-order chi connectivity index (χ1) is 14.4. The van der Waals surface area contributed by atoms with Gasteiger partial charge in [-0.1, -0.05) is 12.1 Å². The van der Waals surface area contributed by atoms with Crippen molar-refractivity contribution in [3.8, 4) is 0 Å². The molecule has 1 aliphatic carbocycles. The summed E-state index contributed by atoms with van der Waals surface area (Å²) in [5.41, 5.74) is 3.09. The van der Waals surface area contributed by atoms with Gasteiger partial charge in [-0.05, 0) is 50.1 Å². The van der Waals surface area contributed by atoms with Gasteiger partial charge in [0.1, 0.15) is 18.0 Å². The first kappa shape index (κ1) is 22.7. The molecule has 0 radical (unpaired) electrons. The summed E-state index contributed by atoms with van der Waals surface area (Å²) in [5, 5.41) is 22.4. The molecule has 30 heavy (non-hydrogen) atoms. The highest BCUT2D eigenvalue weighted by Crippen LogP contribution is 2.28. The molecule has 7 heteroatoms. The SMILES string of the molecule is CC(C)OC(Cc1ccc(NCCCN2CCOC3CC(F)=CC=C32)cc1)C(O)O. The zero-order chi connectivity index (χ0) is 21.5. The highest BCUT2D eigenvalue weighted by Gasteiger charge is 2.28. The van der Waals surface area contributed by atoms with Crippen LogP contribution in [0.15, 0.2) is 47.9 Å². The Morgan fingerprint density at radius 2 is 2.00 bits per heavy atom. The highest BCUT2D eigenvalue weighted by molar-refractivity contribution is 5.44. The maximum absolute atomic E-state index is 13.4. The molecule has 0 amide bonds. The van der Waals surface area contributed by atoms with Gasteiger partial charge in [-0.15, -0.1) is 0 Å². The number of anilines is 1. The lowest BCUT2D eigenvalue weighted by atomic mass is 10.0. The monoisotopic (exact) mass is 420 g/mol. The summed E-state index contributed by atoms with van der Waals surface area (Å²) in [7, 11) is 0. The van der Waals surface area contributed by atoms with Gasteiger partial charge < -0.3 is 29.9 Å².